The van der Waals surface area contributed by atoms with Crippen molar-refractivity contribution in [1.29, 1.82) is 0 Å². The minimum Gasteiger partial charge on any atom is -0.453 e. The number of fused-ring (bicyclic) bond motifs is 32. The van der Waals surface area contributed by atoms with Gasteiger partial charge in [-0.25, -0.2) is 0 Å². The Hall–Kier alpha value is -16.4. The fraction of sp³-hybridized carbons (Fsp3) is 0.0508. The maximum atomic E-state index is 15.5. The highest BCUT2D eigenvalue weighted by atomic mass is 19.4. The number of halogens is 9. The van der Waals surface area contributed by atoms with Crippen molar-refractivity contribution in [2.24, 2.45) is 0 Å². The highest BCUT2D eigenvalue weighted by Gasteiger charge is 2.56. The summed E-state index contributed by atoms with van der Waals surface area (Å²) in [5.41, 5.74) is 18.2. The van der Waals surface area contributed by atoms with Crippen molar-refractivity contribution in [3.8, 4) is 33.4 Å². The molecule has 0 unspecified atom stereocenters. The van der Waals surface area contributed by atoms with Gasteiger partial charge in [0.2, 0.25) is 0 Å². The van der Waals surface area contributed by atoms with Gasteiger partial charge in [0.1, 0.15) is 11.2 Å². The smallest absolute Gasteiger partial charge is 0.420 e. The van der Waals surface area contributed by atoms with Gasteiger partial charge in [0.15, 0.2) is 11.2 Å². The van der Waals surface area contributed by atoms with Gasteiger partial charge < -0.3 is 28.4 Å². The van der Waals surface area contributed by atoms with E-state index in [1.54, 1.807) is 30.3 Å². The van der Waals surface area contributed by atoms with Gasteiger partial charge in [-0.2, -0.15) is 39.5 Å². The van der Waals surface area contributed by atoms with Gasteiger partial charge in [-0.1, -0.05) is 279 Å². The molecular weight excluding hydrogens is 1680 g/mol. The number of para-hydroxylation sites is 10. The molecule has 4 aliphatic rings. The maximum Gasteiger partial charge on any atom is 0.420 e. The second-order valence-electron chi connectivity index (χ2n) is 34.9. The molecule has 26 rings (SSSR count). The van der Waals surface area contributed by atoms with Gasteiger partial charge in [0.05, 0.1) is 73.0 Å². The van der Waals surface area contributed by atoms with Crippen molar-refractivity contribution in [1.82, 2.24) is 0 Å². The van der Waals surface area contributed by atoms with E-state index in [2.05, 4.69) is 264 Å². The zero-order valence-electron chi connectivity index (χ0n) is 70.6. The predicted octanol–water partition coefficient (Wildman–Crippen LogP) is 34.4. The lowest BCUT2D eigenvalue weighted by atomic mass is 9.64. The van der Waals surface area contributed by atoms with Crippen LogP contribution in [0.25, 0.3) is 120 Å². The van der Waals surface area contributed by atoms with E-state index in [-0.39, 0.29) is 27.7 Å². The fourth-order valence-corrected chi connectivity index (χ4v) is 22.8. The minimum absolute atomic E-state index is 0.0996. The molecule has 2 aliphatic heterocycles. The number of hydrogen-bond donors (Lipinski definition) is 0. The third kappa shape index (κ3) is 11.0. The van der Waals surface area contributed by atoms with Gasteiger partial charge in [0, 0.05) is 55.1 Å². The number of anilines is 12. The first-order valence-electron chi connectivity index (χ1n) is 44.1. The first-order chi connectivity index (χ1) is 64.8. The summed E-state index contributed by atoms with van der Waals surface area (Å²) in [6.07, 6.45) is -14.2. The maximum absolute atomic E-state index is 15.5. The van der Waals surface area contributed by atoms with Gasteiger partial charge in [-0.05, 0) is 244 Å². The van der Waals surface area contributed by atoms with Crippen LogP contribution in [0.4, 0.5) is 108 Å². The molecule has 4 heterocycles. The van der Waals surface area contributed by atoms with E-state index in [0.29, 0.717) is 44.3 Å². The summed E-state index contributed by atoms with van der Waals surface area (Å²) >= 11 is 0. The Morgan fingerprint density at radius 1 is 0.241 bits per heavy atom. The molecule has 22 aromatic rings. The Labute approximate surface area is 755 Å². The monoisotopic (exact) mass is 1740 g/mol. The molecular formula is C118H69F9N4O2. The van der Waals surface area contributed by atoms with Crippen molar-refractivity contribution < 1.29 is 48.3 Å². The molecule has 0 saturated heterocycles. The average molecular weight is 1750 g/mol. The molecule has 133 heavy (non-hydrogen) atoms. The van der Waals surface area contributed by atoms with Crippen molar-refractivity contribution in [3.63, 3.8) is 0 Å². The lowest BCUT2D eigenvalue weighted by Gasteiger charge is -2.45. The number of aryl methyl sites for hydroxylation is 1. The van der Waals surface area contributed by atoms with E-state index < -0.39 is 46.0 Å². The Balaban J connectivity index is 0.697. The lowest BCUT2D eigenvalue weighted by molar-refractivity contribution is -0.138. The van der Waals surface area contributed by atoms with Crippen LogP contribution < -0.4 is 19.6 Å². The number of furan rings is 2. The zero-order chi connectivity index (χ0) is 89.5. The Morgan fingerprint density at radius 2 is 0.617 bits per heavy atom. The quantitative estimate of drug-likeness (QED) is 0.134. The molecule has 6 nitrogen and oxygen atoms in total. The molecule has 0 saturated carbocycles. The number of alkyl halides is 9. The molecule has 636 valence electrons. The molecule has 20 aromatic carbocycles. The molecule has 0 bridgehead atoms. The van der Waals surface area contributed by atoms with Crippen molar-refractivity contribution in [2.45, 2.75) is 36.3 Å². The summed E-state index contributed by atoms with van der Waals surface area (Å²) in [5.74, 6) is 0. The molecule has 15 heteroatoms. The van der Waals surface area contributed by atoms with E-state index in [9.17, 15) is 13.2 Å². The Bertz CT molecular complexity index is 8640. The van der Waals surface area contributed by atoms with Crippen molar-refractivity contribution in [2.75, 3.05) is 19.6 Å². The molecule has 2 aromatic heterocycles. The average Bonchev–Trinajstić information content (AvgIpc) is 1.51. The molecule has 0 fully saturated rings. The SMILES string of the molecule is Cc1ccccc1N(c1cc2c(c3ccc(-c4ccc(N5c6ccccc6C6(c7ccccc75)c5ccc7ccccc7c5-c5c6cc(N(c6ccc(C(F)(F)F)cc6)c6cccc7c6oc6c(C(F)(F)F)cccc67)c6ccccc56)cc4)cc13)-c1c(ccc3ccccc13)C21c2ccccc2N(c2ccccc2)c2ccccc21)c1cccc2c1oc1c(C(F)(F)F)cccc12. The lowest BCUT2D eigenvalue weighted by Crippen LogP contribution is -2.36. The summed E-state index contributed by atoms with van der Waals surface area (Å²) in [5, 5.41) is 8.91. The van der Waals surface area contributed by atoms with E-state index >= 15 is 26.3 Å². The number of nitrogens with zero attached hydrogens (tertiary/aromatic N) is 4. The van der Waals surface area contributed by atoms with Gasteiger partial charge in [-0.15, -0.1) is 0 Å². The van der Waals surface area contributed by atoms with E-state index in [1.807, 2.05) is 83.8 Å². The second-order valence-corrected chi connectivity index (χ2v) is 34.9. The largest absolute Gasteiger partial charge is 0.453 e. The Morgan fingerprint density at radius 3 is 1.11 bits per heavy atom. The summed E-state index contributed by atoms with van der Waals surface area (Å²) in [4.78, 5) is 8.71. The standard InChI is InChI=1S/C118H69F9N4O2/c1-68-25-5-16-44-97(68)131(103-50-24-37-85-83-35-22-43-94(118(125,126)127)111(83)133-113(85)103)105-67-96-109(107-78-31-9-7-27-71(78)55-64-92(107)115(96)87-38-12-17-45-98(87)128(74-28-3-2-4-29-74)99-46-18-13-39-88(99)115)81-62-53-72(65-86(81)105)69-51-58-75(59-52-69)129-100-47-19-14-40-89(100)114(90-41-15-20-48-101(90)129)91-63-54-70-26-6-8-30-77(70)106(91)108-80-33-11-10-32-79(80)104(66-95(108)114)130(76-60-56-73(57-61-76)116(119,120)121)102-49-23-36-84-82-34-21-42-93(117(122,123)124)110(82)132-112(84)102/h2-67H,1H3. The summed E-state index contributed by atoms with van der Waals surface area (Å²) in [7, 11) is 0. The summed E-state index contributed by atoms with van der Waals surface area (Å²) in [6.45, 7) is 2.06. The van der Waals surface area contributed by atoms with Gasteiger partial charge in [0.25, 0.3) is 0 Å². The predicted molar refractivity (Wildman–Crippen MR) is 517 cm³/mol. The highest BCUT2D eigenvalue weighted by Crippen LogP contribution is 2.70. The molecule has 0 atom stereocenters. The fourth-order valence-electron chi connectivity index (χ4n) is 22.8. The van der Waals surface area contributed by atoms with E-state index in [0.717, 1.165) is 191 Å². The first-order valence-corrected chi connectivity index (χ1v) is 44.1. The summed E-state index contributed by atoms with van der Waals surface area (Å²) < 4.78 is 150. The second kappa shape index (κ2) is 28.3. The van der Waals surface area contributed by atoms with Crippen LogP contribution in [-0.2, 0) is 29.4 Å². The van der Waals surface area contributed by atoms with Crippen LogP contribution in [0.3, 0.4) is 0 Å². The van der Waals surface area contributed by atoms with E-state index in [1.165, 1.54) is 24.3 Å². The molecule has 2 aliphatic carbocycles. The van der Waals surface area contributed by atoms with Crippen LogP contribution in [0.2, 0.25) is 0 Å². The number of benzene rings is 20. The first kappa shape index (κ1) is 77.7. The van der Waals surface area contributed by atoms with Crippen LogP contribution in [0.1, 0.15) is 66.8 Å². The molecule has 2 spiro atoms. The zero-order valence-corrected chi connectivity index (χ0v) is 70.6. The molecule has 0 amide bonds. The van der Waals surface area contributed by atoms with E-state index in [4.69, 9.17) is 8.83 Å². The summed E-state index contributed by atoms with van der Waals surface area (Å²) in [6, 6.07) is 130. The third-order valence-electron chi connectivity index (χ3n) is 28.2. The minimum atomic E-state index is -4.79. The topological polar surface area (TPSA) is 39.2 Å². The molecule has 0 radical (unpaired) electrons. The van der Waals surface area contributed by atoms with Crippen LogP contribution in [0.15, 0.2) is 409 Å². The van der Waals surface area contributed by atoms with Crippen molar-refractivity contribution >= 4 is 155 Å². The van der Waals surface area contributed by atoms with Crippen LogP contribution in [-0.4, -0.2) is 0 Å². The van der Waals surface area contributed by atoms with Crippen LogP contribution in [0.5, 0.6) is 0 Å². The normalized spacial score (nSPS) is 13.9. The number of hydrogen-bond acceptors (Lipinski definition) is 6. The van der Waals surface area contributed by atoms with Crippen molar-refractivity contribution in [3.05, 3.63) is 467 Å². The third-order valence-corrected chi connectivity index (χ3v) is 28.2. The van der Waals surface area contributed by atoms with Gasteiger partial charge >= 0.3 is 18.5 Å². The van der Waals surface area contributed by atoms with Crippen LogP contribution >= 0.6 is 0 Å². The van der Waals surface area contributed by atoms with Gasteiger partial charge in [-0.3, -0.25) is 0 Å². The molecule has 0 N–H and O–H groups in total. The number of rotatable bonds is 9. The highest BCUT2D eigenvalue weighted by molar-refractivity contribution is 6.22. The van der Waals surface area contributed by atoms with Crippen LogP contribution in [0, 0.1) is 6.92 Å². The Kier molecular flexibility index (Phi) is 16.5.